The summed E-state index contributed by atoms with van der Waals surface area (Å²) in [4.78, 5) is 13.0. The van der Waals surface area contributed by atoms with E-state index in [-0.39, 0.29) is 6.54 Å². The summed E-state index contributed by atoms with van der Waals surface area (Å²) in [6.45, 7) is 5.65. The molecule has 5 heteroatoms. The number of amides is 1. The van der Waals surface area contributed by atoms with Crippen molar-refractivity contribution in [2.45, 2.75) is 51.5 Å². The standard InChI is InChI=1S/C11H20FNO3/c1-11(2,3)16-10(15)13-6-4-5-9(14)8(12)7-13/h8-9,14H,4-7H2,1-3H3/t8-,9-/m1/s1. The first kappa shape index (κ1) is 13.2. The lowest BCUT2D eigenvalue weighted by Gasteiger charge is -2.27. The number of aliphatic hydroxyl groups is 1. The number of halogens is 1. The Morgan fingerprint density at radius 2 is 2.12 bits per heavy atom. The molecule has 94 valence electrons. The Balaban J connectivity index is 2.56. The normalized spacial score (nSPS) is 27.4. The third kappa shape index (κ3) is 3.96. The van der Waals surface area contributed by atoms with Crippen LogP contribution in [0.15, 0.2) is 0 Å². The molecule has 1 saturated heterocycles. The lowest BCUT2D eigenvalue weighted by molar-refractivity contribution is 0.0161. The summed E-state index contributed by atoms with van der Waals surface area (Å²) < 4.78 is 18.5. The number of carbonyl (C=O) groups is 1. The minimum Gasteiger partial charge on any atom is -0.444 e. The van der Waals surface area contributed by atoms with Crippen molar-refractivity contribution in [3.63, 3.8) is 0 Å². The van der Waals surface area contributed by atoms with Gasteiger partial charge in [-0.05, 0) is 33.6 Å². The van der Waals surface area contributed by atoms with Crippen LogP contribution >= 0.6 is 0 Å². The molecule has 0 aromatic heterocycles. The SMILES string of the molecule is CC(C)(C)OC(=O)N1CCC[C@@H](O)[C@H](F)C1. The number of nitrogens with zero attached hydrogens (tertiary/aromatic N) is 1. The molecule has 0 spiro atoms. The van der Waals surface area contributed by atoms with Crippen LogP contribution in [-0.2, 0) is 4.74 Å². The van der Waals surface area contributed by atoms with Gasteiger partial charge < -0.3 is 14.7 Å². The van der Waals surface area contributed by atoms with Crippen molar-refractivity contribution >= 4 is 6.09 Å². The predicted octanol–water partition coefficient (Wildman–Crippen LogP) is 1.72. The average molecular weight is 233 g/mol. The van der Waals surface area contributed by atoms with Gasteiger partial charge in [-0.1, -0.05) is 0 Å². The van der Waals surface area contributed by atoms with Crippen LogP contribution in [0.4, 0.5) is 9.18 Å². The van der Waals surface area contributed by atoms with Crippen LogP contribution in [0, 0.1) is 0 Å². The zero-order chi connectivity index (χ0) is 12.3. The fourth-order valence-electron chi connectivity index (χ4n) is 1.59. The van der Waals surface area contributed by atoms with Crippen molar-refractivity contribution in [3.05, 3.63) is 0 Å². The third-order valence-electron chi connectivity index (χ3n) is 2.39. The van der Waals surface area contributed by atoms with Gasteiger partial charge in [-0.25, -0.2) is 9.18 Å². The largest absolute Gasteiger partial charge is 0.444 e. The van der Waals surface area contributed by atoms with Crippen LogP contribution < -0.4 is 0 Å². The van der Waals surface area contributed by atoms with Gasteiger partial charge in [0.05, 0.1) is 12.6 Å². The maximum atomic E-state index is 13.4. The highest BCUT2D eigenvalue weighted by Crippen LogP contribution is 2.17. The lowest BCUT2D eigenvalue weighted by atomic mass is 10.1. The van der Waals surface area contributed by atoms with E-state index in [2.05, 4.69) is 0 Å². The molecule has 1 heterocycles. The Labute approximate surface area is 95.4 Å². The summed E-state index contributed by atoms with van der Waals surface area (Å²) in [5.41, 5.74) is -0.576. The van der Waals surface area contributed by atoms with Crippen LogP contribution in [0.5, 0.6) is 0 Å². The monoisotopic (exact) mass is 233 g/mol. The Bertz CT molecular complexity index is 252. The topological polar surface area (TPSA) is 49.8 Å². The molecule has 1 aliphatic heterocycles. The minimum atomic E-state index is -1.38. The van der Waals surface area contributed by atoms with Gasteiger partial charge in [-0.15, -0.1) is 0 Å². The molecule has 0 unspecified atom stereocenters. The number of alkyl halides is 1. The zero-order valence-corrected chi connectivity index (χ0v) is 10.1. The van der Waals surface area contributed by atoms with E-state index in [0.29, 0.717) is 19.4 Å². The van der Waals surface area contributed by atoms with Crippen LogP contribution in [-0.4, -0.2) is 47.1 Å². The molecule has 1 amide bonds. The molecule has 0 radical (unpaired) electrons. The van der Waals surface area contributed by atoms with E-state index in [1.54, 1.807) is 20.8 Å². The second kappa shape index (κ2) is 4.99. The van der Waals surface area contributed by atoms with E-state index in [1.165, 1.54) is 4.90 Å². The van der Waals surface area contributed by atoms with Crippen LogP contribution in [0.2, 0.25) is 0 Å². The van der Waals surface area contributed by atoms with Crippen molar-refractivity contribution in [2.75, 3.05) is 13.1 Å². The van der Waals surface area contributed by atoms with Gasteiger partial charge >= 0.3 is 6.09 Å². The highest BCUT2D eigenvalue weighted by Gasteiger charge is 2.30. The third-order valence-corrected chi connectivity index (χ3v) is 2.39. The van der Waals surface area contributed by atoms with Gasteiger partial charge in [-0.3, -0.25) is 0 Å². The number of carbonyl (C=O) groups excluding carboxylic acids is 1. The quantitative estimate of drug-likeness (QED) is 0.693. The number of ether oxygens (including phenoxy) is 1. The maximum absolute atomic E-state index is 13.4. The summed E-state index contributed by atoms with van der Waals surface area (Å²) in [6.07, 6.45) is -1.87. The fraction of sp³-hybridized carbons (Fsp3) is 0.909. The first-order chi connectivity index (χ1) is 7.29. The lowest BCUT2D eigenvalue weighted by Crippen LogP contribution is -2.41. The Morgan fingerprint density at radius 3 is 2.69 bits per heavy atom. The molecule has 1 N–H and O–H groups in total. The summed E-state index contributed by atoms with van der Waals surface area (Å²) >= 11 is 0. The molecule has 1 aliphatic rings. The van der Waals surface area contributed by atoms with Gasteiger partial charge in [0, 0.05) is 6.54 Å². The maximum Gasteiger partial charge on any atom is 0.410 e. The van der Waals surface area contributed by atoms with Crippen LogP contribution in [0.3, 0.4) is 0 Å². The molecule has 2 atom stereocenters. The van der Waals surface area contributed by atoms with E-state index in [1.807, 2.05) is 0 Å². The Hall–Kier alpha value is -0.840. The second-order valence-electron chi connectivity index (χ2n) is 5.15. The highest BCUT2D eigenvalue weighted by molar-refractivity contribution is 5.68. The molecule has 16 heavy (non-hydrogen) atoms. The number of hydrogen-bond acceptors (Lipinski definition) is 3. The summed E-state index contributed by atoms with van der Waals surface area (Å²) in [6, 6.07) is 0. The highest BCUT2D eigenvalue weighted by atomic mass is 19.1. The molecular formula is C11H20FNO3. The zero-order valence-electron chi connectivity index (χ0n) is 10.1. The van der Waals surface area contributed by atoms with Crippen molar-refractivity contribution in [1.82, 2.24) is 4.90 Å². The fourth-order valence-corrected chi connectivity index (χ4v) is 1.59. The molecule has 0 aromatic carbocycles. The van der Waals surface area contributed by atoms with Crippen molar-refractivity contribution in [3.8, 4) is 0 Å². The van der Waals surface area contributed by atoms with Crippen molar-refractivity contribution in [2.24, 2.45) is 0 Å². The molecule has 1 fully saturated rings. The van der Waals surface area contributed by atoms with Gasteiger partial charge in [0.15, 0.2) is 0 Å². The summed E-state index contributed by atoms with van der Waals surface area (Å²) in [5, 5.41) is 9.34. The van der Waals surface area contributed by atoms with Gasteiger partial charge in [0.1, 0.15) is 11.8 Å². The van der Waals surface area contributed by atoms with E-state index in [9.17, 15) is 14.3 Å². The Morgan fingerprint density at radius 1 is 1.50 bits per heavy atom. The van der Waals surface area contributed by atoms with Crippen molar-refractivity contribution in [1.29, 1.82) is 0 Å². The molecule has 0 aliphatic carbocycles. The van der Waals surface area contributed by atoms with Gasteiger partial charge in [0.2, 0.25) is 0 Å². The van der Waals surface area contributed by atoms with E-state index in [4.69, 9.17) is 4.74 Å². The van der Waals surface area contributed by atoms with Gasteiger partial charge in [0.25, 0.3) is 0 Å². The average Bonchev–Trinajstić information content (AvgIpc) is 2.27. The van der Waals surface area contributed by atoms with E-state index < -0.39 is 24.0 Å². The Kier molecular flexibility index (Phi) is 4.13. The van der Waals surface area contributed by atoms with Crippen LogP contribution in [0.25, 0.3) is 0 Å². The molecule has 4 nitrogen and oxygen atoms in total. The number of rotatable bonds is 0. The second-order valence-corrected chi connectivity index (χ2v) is 5.15. The molecule has 0 aromatic rings. The van der Waals surface area contributed by atoms with Crippen molar-refractivity contribution < 1.29 is 19.0 Å². The van der Waals surface area contributed by atoms with Crippen LogP contribution in [0.1, 0.15) is 33.6 Å². The number of hydrogen-bond donors (Lipinski definition) is 1. The first-order valence-corrected chi connectivity index (χ1v) is 5.59. The van der Waals surface area contributed by atoms with E-state index in [0.717, 1.165) is 0 Å². The smallest absolute Gasteiger partial charge is 0.410 e. The molecule has 1 rings (SSSR count). The molecular weight excluding hydrogens is 213 g/mol. The first-order valence-electron chi connectivity index (χ1n) is 5.59. The number of likely N-dealkylation sites (tertiary alicyclic amines) is 1. The number of aliphatic hydroxyl groups excluding tert-OH is 1. The summed E-state index contributed by atoms with van der Waals surface area (Å²) in [7, 11) is 0. The summed E-state index contributed by atoms with van der Waals surface area (Å²) in [5.74, 6) is 0. The minimum absolute atomic E-state index is 0.0872. The van der Waals surface area contributed by atoms with Gasteiger partial charge in [-0.2, -0.15) is 0 Å². The van der Waals surface area contributed by atoms with E-state index >= 15 is 0 Å². The molecule has 0 saturated carbocycles. The predicted molar refractivity (Wildman–Crippen MR) is 57.9 cm³/mol. The molecule has 0 bridgehead atoms.